The maximum Gasteiger partial charge on any atom is 0.410 e. The summed E-state index contributed by atoms with van der Waals surface area (Å²) in [5.41, 5.74) is 0.834. The van der Waals surface area contributed by atoms with E-state index < -0.39 is 24.2 Å². The van der Waals surface area contributed by atoms with Crippen molar-refractivity contribution < 1.29 is 18.0 Å². The van der Waals surface area contributed by atoms with E-state index in [9.17, 15) is 18.0 Å². The second kappa shape index (κ2) is 7.31. The molecule has 2 atom stereocenters. The number of nitrogens with one attached hydrogen (secondary N) is 2. The van der Waals surface area contributed by atoms with E-state index in [4.69, 9.17) is 0 Å². The van der Waals surface area contributed by atoms with Gasteiger partial charge >= 0.3 is 6.18 Å². The first-order valence-corrected chi connectivity index (χ1v) is 9.57. The van der Waals surface area contributed by atoms with Crippen LogP contribution < -0.4 is 10.6 Å². The van der Waals surface area contributed by atoms with E-state index in [2.05, 4.69) is 15.7 Å². The molecule has 4 rings (SSSR count). The Morgan fingerprint density at radius 2 is 2.04 bits per heavy atom. The first-order valence-electron chi connectivity index (χ1n) is 8.70. The molecule has 2 aromatic heterocycles. The number of hydrogen-bond donors (Lipinski definition) is 2. The Hall–Kier alpha value is -2.81. The Bertz CT molecular complexity index is 953. The minimum Gasteiger partial charge on any atom is -0.363 e. The lowest BCUT2D eigenvalue weighted by atomic mass is 9.96. The second-order valence-corrected chi connectivity index (χ2v) is 7.55. The van der Waals surface area contributed by atoms with Crippen LogP contribution in [0.3, 0.4) is 0 Å². The van der Waals surface area contributed by atoms with Crippen LogP contribution in [0.2, 0.25) is 0 Å². The number of carbonyl (C=O) groups is 1. The summed E-state index contributed by atoms with van der Waals surface area (Å²) in [7, 11) is 0. The average Bonchev–Trinajstić information content (AvgIpc) is 3.35. The van der Waals surface area contributed by atoms with Crippen molar-refractivity contribution in [3.63, 3.8) is 0 Å². The summed E-state index contributed by atoms with van der Waals surface area (Å²) in [5, 5.41) is 11.6. The average molecular weight is 406 g/mol. The molecule has 3 heterocycles. The highest BCUT2D eigenvalue weighted by Gasteiger charge is 2.47. The number of anilines is 1. The predicted octanol–water partition coefficient (Wildman–Crippen LogP) is 4.53. The summed E-state index contributed by atoms with van der Waals surface area (Å²) < 4.78 is 41.9. The largest absolute Gasteiger partial charge is 0.410 e. The zero-order valence-corrected chi connectivity index (χ0v) is 15.4. The van der Waals surface area contributed by atoms with E-state index >= 15 is 0 Å². The van der Waals surface area contributed by atoms with Crippen LogP contribution in [0.4, 0.5) is 19.0 Å². The van der Waals surface area contributed by atoms with Gasteiger partial charge in [-0.2, -0.15) is 18.3 Å². The number of hydrogen-bond acceptors (Lipinski definition) is 4. The summed E-state index contributed by atoms with van der Waals surface area (Å²) >= 11 is 1.49. The fourth-order valence-electron chi connectivity index (χ4n) is 3.31. The molecule has 9 heteroatoms. The number of benzene rings is 1. The molecule has 1 aliphatic rings. The third-order valence-electron chi connectivity index (χ3n) is 4.69. The van der Waals surface area contributed by atoms with Gasteiger partial charge < -0.3 is 10.6 Å². The number of halogens is 3. The molecule has 1 aromatic carbocycles. The Morgan fingerprint density at radius 3 is 2.71 bits per heavy atom. The summed E-state index contributed by atoms with van der Waals surface area (Å²) in [6.45, 7) is 0.311. The molecule has 0 aliphatic carbocycles. The van der Waals surface area contributed by atoms with E-state index in [1.807, 2.05) is 17.5 Å². The van der Waals surface area contributed by atoms with E-state index in [0.29, 0.717) is 6.54 Å². The van der Waals surface area contributed by atoms with E-state index in [1.54, 1.807) is 30.3 Å². The van der Waals surface area contributed by atoms with Crippen molar-refractivity contribution in [2.45, 2.75) is 31.2 Å². The number of carbonyl (C=O) groups excluding carboxylic acids is 1. The molecule has 0 bridgehead atoms. The summed E-state index contributed by atoms with van der Waals surface area (Å²) in [5.74, 6) is -0.372. The van der Waals surface area contributed by atoms with Gasteiger partial charge in [0.1, 0.15) is 11.4 Å². The lowest BCUT2D eigenvalue weighted by molar-refractivity contribution is -0.173. The van der Waals surface area contributed by atoms with Gasteiger partial charge in [0.25, 0.3) is 5.91 Å². The quantitative estimate of drug-likeness (QED) is 0.669. The minimum absolute atomic E-state index is 0.0890. The smallest absolute Gasteiger partial charge is 0.363 e. The topological polar surface area (TPSA) is 59.0 Å². The van der Waals surface area contributed by atoms with Crippen molar-refractivity contribution >= 4 is 23.1 Å². The van der Waals surface area contributed by atoms with Gasteiger partial charge in [0.05, 0.1) is 18.8 Å². The number of alkyl halides is 3. The molecular weight excluding hydrogens is 389 g/mol. The molecule has 28 heavy (non-hydrogen) atoms. The van der Waals surface area contributed by atoms with Gasteiger partial charge in [0.15, 0.2) is 6.04 Å². The zero-order chi connectivity index (χ0) is 19.7. The zero-order valence-electron chi connectivity index (χ0n) is 14.6. The van der Waals surface area contributed by atoms with Crippen molar-refractivity contribution in [1.82, 2.24) is 15.1 Å². The summed E-state index contributed by atoms with van der Waals surface area (Å²) in [6, 6.07) is 10.3. The molecule has 0 saturated carbocycles. The molecule has 0 spiro atoms. The van der Waals surface area contributed by atoms with E-state index in [1.165, 1.54) is 17.5 Å². The van der Waals surface area contributed by atoms with Gasteiger partial charge in [0.2, 0.25) is 0 Å². The first-order chi connectivity index (χ1) is 13.4. The predicted molar refractivity (Wildman–Crippen MR) is 100 cm³/mol. The molecular formula is C19H17F3N4OS. The van der Waals surface area contributed by atoms with Crippen LogP contribution in [0.25, 0.3) is 0 Å². The van der Waals surface area contributed by atoms with Crippen molar-refractivity contribution in [2.75, 3.05) is 5.32 Å². The molecule has 5 nitrogen and oxygen atoms in total. The maximum atomic E-state index is 13.7. The normalized spacial score (nSPS) is 19.0. The van der Waals surface area contributed by atoms with Crippen LogP contribution in [0.5, 0.6) is 0 Å². The molecule has 1 aliphatic heterocycles. The number of fused-ring (bicyclic) bond motifs is 1. The standard InChI is InChI=1S/C19H17F3N4OS/c20-19(21,22)16-9-15(12-5-2-1-3-6-12)25-17-14(11-24-26(16)17)18(27)23-10-13-7-4-8-28-13/h1-8,11,15-16,25H,9-10H2,(H,23,27)/t15-,16-/m0/s1. The fraction of sp³-hybridized carbons (Fsp3) is 0.263. The number of rotatable bonds is 4. The SMILES string of the molecule is O=C(NCc1cccs1)c1cnn2c1N[C@H](c1ccccc1)C[C@H]2C(F)(F)F. The van der Waals surface area contributed by atoms with Crippen molar-refractivity contribution in [3.8, 4) is 0 Å². The molecule has 1 amide bonds. The summed E-state index contributed by atoms with van der Waals surface area (Å²) in [6.07, 6.45) is -3.47. The van der Waals surface area contributed by atoms with Gasteiger partial charge in [-0.25, -0.2) is 4.68 Å². The first kappa shape index (κ1) is 18.5. The highest BCUT2D eigenvalue weighted by Crippen LogP contribution is 2.44. The lowest BCUT2D eigenvalue weighted by Gasteiger charge is -2.34. The highest BCUT2D eigenvalue weighted by atomic mass is 32.1. The Kier molecular flexibility index (Phi) is 4.84. The number of thiophene rings is 1. The van der Waals surface area contributed by atoms with Crippen molar-refractivity contribution in [3.05, 3.63) is 70.0 Å². The van der Waals surface area contributed by atoms with Crippen LogP contribution in [0, 0.1) is 0 Å². The van der Waals surface area contributed by atoms with E-state index in [-0.39, 0.29) is 17.8 Å². The summed E-state index contributed by atoms with van der Waals surface area (Å²) in [4.78, 5) is 13.5. The Balaban J connectivity index is 1.64. The minimum atomic E-state index is -4.47. The molecule has 0 unspecified atom stereocenters. The van der Waals surface area contributed by atoms with Gasteiger partial charge in [-0.1, -0.05) is 36.4 Å². The molecule has 0 fully saturated rings. The molecule has 146 valence electrons. The van der Waals surface area contributed by atoms with Gasteiger partial charge in [-0.15, -0.1) is 11.3 Å². The number of nitrogens with zero attached hydrogens (tertiary/aromatic N) is 2. The van der Waals surface area contributed by atoms with Crippen LogP contribution in [-0.2, 0) is 6.54 Å². The third-order valence-corrected chi connectivity index (χ3v) is 5.56. The number of aromatic nitrogens is 2. The van der Waals surface area contributed by atoms with Gasteiger partial charge in [-0.3, -0.25) is 4.79 Å². The van der Waals surface area contributed by atoms with Gasteiger partial charge in [-0.05, 0) is 17.0 Å². The van der Waals surface area contributed by atoms with Crippen LogP contribution in [0.1, 0.15) is 39.3 Å². The lowest BCUT2D eigenvalue weighted by Crippen LogP contribution is -2.36. The van der Waals surface area contributed by atoms with Crippen LogP contribution in [0.15, 0.2) is 54.0 Å². The highest BCUT2D eigenvalue weighted by molar-refractivity contribution is 7.09. The van der Waals surface area contributed by atoms with Crippen molar-refractivity contribution in [1.29, 1.82) is 0 Å². The fourth-order valence-corrected chi connectivity index (χ4v) is 3.95. The molecule has 0 radical (unpaired) electrons. The van der Waals surface area contributed by atoms with Crippen LogP contribution in [-0.4, -0.2) is 21.9 Å². The van der Waals surface area contributed by atoms with Gasteiger partial charge in [0, 0.05) is 11.3 Å². The Labute approximate surface area is 163 Å². The Morgan fingerprint density at radius 1 is 1.25 bits per heavy atom. The molecule has 2 N–H and O–H groups in total. The molecule has 3 aromatic rings. The van der Waals surface area contributed by atoms with E-state index in [0.717, 1.165) is 15.1 Å². The van der Waals surface area contributed by atoms with Crippen molar-refractivity contribution in [2.24, 2.45) is 0 Å². The number of amides is 1. The second-order valence-electron chi connectivity index (χ2n) is 6.51. The maximum absolute atomic E-state index is 13.7. The van der Waals surface area contributed by atoms with Crippen LogP contribution >= 0.6 is 11.3 Å². The third kappa shape index (κ3) is 3.62. The monoisotopic (exact) mass is 406 g/mol. The molecule has 0 saturated heterocycles.